The van der Waals surface area contributed by atoms with Crippen molar-refractivity contribution in [1.82, 2.24) is 9.88 Å². The lowest BCUT2D eigenvalue weighted by atomic mass is 10.2. The number of aliphatic hydroxyl groups excluding tert-OH is 1. The van der Waals surface area contributed by atoms with Gasteiger partial charge in [0.1, 0.15) is 6.54 Å². The molecule has 96 valence electrons. The predicted octanol–water partition coefficient (Wildman–Crippen LogP) is 1.85. The summed E-state index contributed by atoms with van der Waals surface area (Å²) >= 11 is 0. The highest BCUT2D eigenvalue weighted by atomic mass is 16.3. The molecule has 0 saturated heterocycles. The molecule has 2 unspecified atom stereocenters. The fraction of sp³-hybridized carbons (Fsp3) is 0.615. The van der Waals surface area contributed by atoms with E-state index in [4.69, 9.17) is 0 Å². The normalized spacial score (nSPS) is 14.4. The van der Waals surface area contributed by atoms with Crippen LogP contribution < -0.4 is 5.32 Å². The van der Waals surface area contributed by atoms with Crippen molar-refractivity contribution in [3.8, 4) is 0 Å². The van der Waals surface area contributed by atoms with Gasteiger partial charge in [0.15, 0.2) is 0 Å². The number of hydrogen-bond acceptors (Lipinski definition) is 2. The minimum atomic E-state index is -0.550. The van der Waals surface area contributed by atoms with E-state index in [1.54, 1.807) is 11.5 Å². The molecule has 0 saturated carbocycles. The number of nitrogens with one attached hydrogen (secondary N) is 1. The molecular formula is C13H22N2O2. The molecule has 0 bridgehead atoms. The number of aliphatic hydroxyl groups is 1. The van der Waals surface area contributed by atoms with E-state index >= 15 is 0 Å². The zero-order chi connectivity index (χ0) is 12.8. The largest absolute Gasteiger partial charge is 0.387 e. The van der Waals surface area contributed by atoms with Crippen LogP contribution in [0, 0.1) is 0 Å². The summed E-state index contributed by atoms with van der Waals surface area (Å²) in [5.74, 6) is -0.0101. The van der Waals surface area contributed by atoms with Crippen LogP contribution in [0.4, 0.5) is 0 Å². The first-order chi connectivity index (χ1) is 8.04. The molecule has 1 aromatic rings. The summed E-state index contributed by atoms with van der Waals surface area (Å²) in [7, 11) is 0. The van der Waals surface area contributed by atoms with Gasteiger partial charge in [-0.25, -0.2) is 0 Å². The van der Waals surface area contributed by atoms with Crippen LogP contribution in [0.1, 0.15) is 45.4 Å². The minimum absolute atomic E-state index is 0.0101. The SMILES string of the molecule is CCCC(C)NC(=O)Cn1cccc1C(C)O. The Balaban J connectivity index is 2.53. The zero-order valence-corrected chi connectivity index (χ0v) is 10.8. The maximum absolute atomic E-state index is 11.8. The maximum Gasteiger partial charge on any atom is 0.240 e. The van der Waals surface area contributed by atoms with E-state index in [1.165, 1.54) is 0 Å². The summed E-state index contributed by atoms with van der Waals surface area (Å²) in [5.41, 5.74) is 0.767. The molecule has 2 N–H and O–H groups in total. The first-order valence-electron chi connectivity index (χ1n) is 6.17. The Labute approximate surface area is 103 Å². The molecule has 0 spiro atoms. The highest BCUT2D eigenvalue weighted by molar-refractivity contribution is 5.76. The molecule has 0 fully saturated rings. The predicted molar refractivity (Wildman–Crippen MR) is 67.6 cm³/mol. The number of nitrogens with zero attached hydrogens (tertiary/aromatic N) is 1. The van der Waals surface area contributed by atoms with E-state index in [0.717, 1.165) is 18.5 Å². The Kier molecular flexibility index (Phi) is 5.22. The quantitative estimate of drug-likeness (QED) is 0.794. The Hall–Kier alpha value is -1.29. The Morgan fingerprint density at radius 3 is 2.82 bits per heavy atom. The fourth-order valence-corrected chi connectivity index (χ4v) is 1.93. The molecule has 1 rings (SSSR count). The molecule has 0 aliphatic rings. The van der Waals surface area contributed by atoms with E-state index in [2.05, 4.69) is 12.2 Å². The Morgan fingerprint density at radius 1 is 1.53 bits per heavy atom. The van der Waals surface area contributed by atoms with Gasteiger partial charge in [-0.2, -0.15) is 0 Å². The lowest BCUT2D eigenvalue weighted by molar-refractivity contribution is -0.122. The summed E-state index contributed by atoms with van der Waals surface area (Å²) in [6.45, 7) is 6.07. The molecule has 4 nitrogen and oxygen atoms in total. The highest BCUT2D eigenvalue weighted by Crippen LogP contribution is 2.12. The van der Waals surface area contributed by atoms with Gasteiger partial charge in [0.2, 0.25) is 5.91 Å². The van der Waals surface area contributed by atoms with Crippen molar-refractivity contribution in [3.05, 3.63) is 24.0 Å². The number of rotatable bonds is 6. The van der Waals surface area contributed by atoms with Gasteiger partial charge in [0.05, 0.1) is 6.10 Å². The van der Waals surface area contributed by atoms with E-state index in [-0.39, 0.29) is 18.5 Å². The third-order valence-electron chi connectivity index (χ3n) is 2.74. The summed E-state index contributed by atoms with van der Waals surface area (Å²) in [6, 6.07) is 3.87. The summed E-state index contributed by atoms with van der Waals surface area (Å²) < 4.78 is 1.78. The average molecular weight is 238 g/mol. The molecule has 17 heavy (non-hydrogen) atoms. The average Bonchev–Trinajstić information content (AvgIpc) is 2.65. The minimum Gasteiger partial charge on any atom is -0.387 e. The molecular weight excluding hydrogens is 216 g/mol. The molecule has 1 heterocycles. The van der Waals surface area contributed by atoms with Crippen molar-refractivity contribution in [3.63, 3.8) is 0 Å². The number of carbonyl (C=O) groups excluding carboxylic acids is 1. The smallest absolute Gasteiger partial charge is 0.240 e. The van der Waals surface area contributed by atoms with Gasteiger partial charge in [-0.1, -0.05) is 13.3 Å². The summed E-state index contributed by atoms with van der Waals surface area (Å²) in [6.07, 6.45) is 3.31. The van der Waals surface area contributed by atoms with Gasteiger partial charge in [0, 0.05) is 17.9 Å². The van der Waals surface area contributed by atoms with Gasteiger partial charge in [0.25, 0.3) is 0 Å². The van der Waals surface area contributed by atoms with E-state index in [1.807, 2.05) is 25.3 Å². The number of amides is 1. The van der Waals surface area contributed by atoms with Crippen molar-refractivity contribution in [2.45, 2.75) is 52.3 Å². The molecule has 0 radical (unpaired) electrons. The zero-order valence-electron chi connectivity index (χ0n) is 10.8. The molecule has 0 aliphatic heterocycles. The van der Waals surface area contributed by atoms with Gasteiger partial charge in [-0.15, -0.1) is 0 Å². The summed E-state index contributed by atoms with van der Waals surface area (Å²) in [5, 5.41) is 12.5. The van der Waals surface area contributed by atoms with Crippen molar-refractivity contribution in [2.24, 2.45) is 0 Å². The van der Waals surface area contributed by atoms with Crippen LogP contribution in [0.5, 0.6) is 0 Å². The second-order valence-corrected chi connectivity index (χ2v) is 4.49. The topological polar surface area (TPSA) is 54.3 Å². The second-order valence-electron chi connectivity index (χ2n) is 4.49. The van der Waals surface area contributed by atoms with Crippen molar-refractivity contribution in [1.29, 1.82) is 0 Å². The number of aromatic nitrogens is 1. The standard InChI is InChI=1S/C13H22N2O2/c1-4-6-10(2)14-13(17)9-15-8-5-7-12(15)11(3)16/h5,7-8,10-11,16H,4,6,9H2,1-3H3,(H,14,17). The second kappa shape index (κ2) is 6.45. The van der Waals surface area contributed by atoms with Crippen molar-refractivity contribution < 1.29 is 9.90 Å². The lowest BCUT2D eigenvalue weighted by Crippen LogP contribution is -2.35. The van der Waals surface area contributed by atoms with Crippen LogP contribution in [-0.4, -0.2) is 21.6 Å². The van der Waals surface area contributed by atoms with E-state index in [0.29, 0.717) is 0 Å². The van der Waals surface area contributed by atoms with E-state index in [9.17, 15) is 9.90 Å². The number of carbonyl (C=O) groups is 1. The van der Waals surface area contributed by atoms with Crippen LogP contribution in [-0.2, 0) is 11.3 Å². The van der Waals surface area contributed by atoms with Crippen LogP contribution in [0.25, 0.3) is 0 Å². The van der Waals surface area contributed by atoms with Gasteiger partial charge in [-0.05, 0) is 32.4 Å². The monoisotopic (exact) mass is 238 g/mol. The lowest BCUT2D eigenvalue weighted by Gasteiger charge is -2.15. The van der Waals surface area contributed by atoms with Crippen LogP contribution >= 0.6 is 0 Å². The van der Waals surface area contributed by atoms with Crippen LogP contribution in [0.15, 0.2) is 18.3 Å². The van der Waals surface area contributed by atoms with Crippen molar-refractivity contribution >= 4 is 5.91 Å². The molecule has 0 aromatic carbocycles. The highest BCUT2D eigenvalue weighted by Gasteiger charge is 2.11. The third-order valence-corrected chi connectivity index (χ3v) is 2.74. The first kappa shape index (κ1) is 13.8. The molecule has 0 aliphatic carbocycles. The molecule has 4 heteroatoms. The van der Waals surface area contributed by atoms with Gasteiger partial charge in [-0.3, -0.25) is 4.79 Å². The molecule has 2 atom stereocenters. The van der Waals surface area contributed by atoms with Gasteiger partial charge >= 0.3 is 0 Å². The molecule has 1 amide bonds. The third kappa shape index (κ3) is 4.23. The first-order valence-corrected chi connectivity index (χ1v) is 6.17. The van der Waals surface area contributed by atoms with Crippen LogP contribution in [0.3, 0.4) is 0 Å². The van der Waals surface area contributed by atoms with Gasteiger partial charge < -0.3 is 15.0 Å². The molecule has 1 aromatic heterocycles. The maximum atomic E-state index is 11.8. The fourth-order valence-electron chi connectivity index (χ4n) is 1.93. The number of hydrogen-bond donors (Lipinski definition) is 2. The van der Waals surface area contributed by atoms with E-state index < -0.39 is 6.10 Å². The Morgan fingerprint density at radius 2 is 2.24 bits per heavy atom. The Bertz CT molecular complexity index is 358. The summed E-state index contributed by atoms with van der Waals surface area (Å²) in [4.78, 5) is 11.8. The van der Waals surface area contributed by atoms with Crippen molar-refractivity contribution in [2.75, 3.05) is 0 Å². The van der Waals surface area contributed by atoms with Crippen LogP contribution in [0.2, 0.25) is 0 Å².